The van der Waals surface area contributed by atoms with Gasteiger partial charge in [-0.1, -0.05) is 23.7 Å². The van der Waals surface area contributed by atoms with Gasteiger partial charge in [-0.3, -0.25) is 4.79 Å². The van der Waals surface area contributed by atoms with Crippen LogP contribution >= 0.6 is 35.1 Å². The molecule has 1 saturated heterocycles. The van der Waals surface area contributed by atoms with E-state index in [1.54, 1.807) is 24.3 Å². The Morgan fingerprint density at radius 2 is 1.92 bits per heavy atom. The molecule has 1 N–H and O–H groups in total. The van der Waals surface area contributed by atoms with E-state index in [2.05, 4.69) is 17.4 Å². The van der Waals surface area contributed by atoms with Crippen molar-refractivity contribution in [2.45, 2.75) is 11.0 Å². The number of ether oxygens (including phenoxy) is 1. The zero-order valence-corrected chi connectivity index (χ0v) is 15.4. The van der Waals surface area contributed by atoms with Crippen molar-refractivity contribution in [3.63, 3.8) is 0 Å². The van der Waals surface area contributed by atoms with Gasteiger partial charge in [0.2, 0.25) is 5.91 Å². The van der Waals surface area contributed by atoms with Crippen LogP contribution in [-0.4, -0.2) is 24.0 Å². The summed E-state index contributed by atoms with van der Waals surface area (Å²) in [6.45, 7) is 0.335. The van der Waals surface area contributed by atoms with Gasteiger partial charge >= 0.3 is 0 Å². The minimum atomic E-state index is -0.0483. The molecule has 2 aromatic carbocycles. The minimum absolute atomic E-state index is 0.0483. The maximum absolute atomic E-state index is 12.1. The number of anilines is 1. The van der Waals surface area contributed by atoms with Gasteiger partial charge in [0.15, 0.2) is 0 Å². The zero-order valence-electron chi connectivity index (χ0n) is 13.0. The van der Waals surface area contributed by atoms with E-state index in [0.717, 1.165) is 5.69 Å². The molecule has 126 valence electrons. The van der Waals surface area contributed by atoms with Crippen LogP contribution in [0.1, 0.15) is 16.6 Å². The van der Waals surface area contributed by atoms with Crippen molar-refractivity contribution >= 4 is 46.7 Å². The van der Waals surface area contributed by atoms with E-state index in [-0.39, 0.29) is 5.91 Å². The summed E-state index contributed by atoms with van der Waals surface area (Å²) < 4.78 is 6.03. The van der Waals surface area contributed by atoms with Crippen molar-refractivity contribution in [1.82, 2.24) is 0 Å². The lowest BCUT2D eigenvalue weighted by Gasteiger charge is -2.11. The van der Waals surface area contributed by atoms with E-state index >= 15 is 0 Å². The first-order valence-electron chi connectivity index (χ1n) is 7.72. The van der Waals surface area contributed by atoms with Gasteiger partial charge in [0.25, 0.3) is 0 Å². The summed E-state index contributed by atoms with van der Waals surface area (Å²) in [6, 6.07) is 15.2. The number of rotatable bonds is 6. The average Bonchev–Trinajstić information content (AvgIpc) is 3.11. The van der Waals surface area contributed by atoms with Gasteiger partial charge in [-0.25, -0.2) is 0 Å². The first-order chi connectivity index (χ1) is 11.7. The lowest BCUT2D eigenvalue weighted by atomic mass is 10.2. The minimum Gasteiger partial charge on any atom is -0.493 e. The number of amides is 1. The van der Waals surface area contributed by atoms with E-state index in [0.29, 0.717) is 28.4 Å². The first kappa shape index (κ1) is 17.5. The standard InChI is InChI=1S/C18H18ClNO2S2/c19-14-4-6-16(7-5-14)22-9-8-17(21)20-15-3-1-2-13(12-15)18-23-10-11-24-18/h1-7,12,18H,8-11H2,(H,20,21). The molecule has 1 amide bonds. The lowest BCUT2D eigenvalue weighted by Crippen LogP contribution is -2.15. The molecule has 0 aliphatic carbocycles. The maximum Gasteiger partial charge on any atom is 0.227 e. The first-order valence-corrected chi connectivity index (χ1v) is 10.2. The molecule has 0 aromatic heterocycles. The highest BCUT2D eigenvalue weighted by Gasteiger charge is 2.18. The Hall–Kier alpha value is -1.30. The molecule has 0 saturated carbocycles. The fourth-order valence-electron chi connectivity index (χ4n) is 2.33. The Morgan fingerprint density at radius 3 is 2.67 bits per heavy atom. The second-order valence-electron chi connectivity index (χ2n) is 5.30. The SMILES string of the molecule is O=C(CCOc1ccc(Cl)cc1)Nc1cccc(C2SCCS2)c1. The predicted octanol–water partition coefficient (Wildman–Crippen LogP) is 5.23. The number of thioether (sulfide) groups is 2. The van der Waals surface area contributed by atoms with Crippen molar-refractivity contribution in [3.05, 3.63) is 59.1 Å². The van der Waals surface area contributed by atoms with Crippen LogP contribution in [0.15, 0.2) is 48.5 Å². The molecule has 0 radical (unpaired) electrons. The van der Waals surface area contributed by atoms with Crippen molar-refractivity contribution in [3.8, 4) is 5.75 Å². The molecule has 6 heteroatoms. The highest BCUT2D eigenvalue weighted by atomic mass is 35.5. The van der Waals surface area contributed by atoms with Crippen LogP contribution in [0.5, 0.6) is 5.75 Å². The Balaban J connectivity index is 1.47. The number of hydrogen-bond donors (Lipinski definition) is 1. The smallest absolute Gasteiger partial charge is 0.227 e. The molecule has 1 aliphatic rings. The van der Waals surface area contributed by atoms with Gasteiger partial charge in [-0.2, -0.15) is 0 Å². The van der Waals surface area contributed by atoms with Crippen molar-refractivity contribution in [1.29, 1.82) is 0 Å². The molecule has 1 heterocycles. The average molecular weight is 380 g/mol. The molecule has 0 spiro atoms. The monoisotopic (exact) mass is 379 g/mol. The van der Waals surface area contributed by atoms with Gasteiger partial charge in [-0.15, -0.1) is 23.5 Å². The second-order valence-corrected chi connectivity index (χ2v) is 8.46. The van der Waals surface area contributed by atoms with E-state index < -0.39 is 0 Å². The summed E-state index contributed by atoms with van der Waals surface area (Å²) in [5.41, 5.74) is 2.11. The Kier molecular flexibility index (Phi) is 6.35. The van der Waals surface area contributed by atoms with Gasteiger partial charge in [-0.05, 0) is 42.0 Å². The molecule has 0 atom stereocenters. The molecule has 2 aromatic rings. The second kappa shape index (κ2) is 8.70. The van der Waals surface area contributed by atoms with Crippen LogP contribution in [-0.2, 0) is 4.79 Å². The van der Waals surface area contributed by atoms with Crippen LogP contribution < -0.4 is 10.1 Å². The molecule has 0 bridgehead atoms. The third-order valence-electron chi connectivity index (χ3n) is 3.48. The number of carbonyl (C=O) groups is 1. The number of benzene rings is 2. The summed E-state index contributed by atoms with van der Waals surface area (Å²) in [5.74, 6) is 3.04. The van der Waals surface area contributed by atoms with Gasteiger partial charge < -0.3 is 10.1 Å². The topological polar surface area (TPSA) is 38.3 Å². The quantitative estimate of drug-likeness (QED) is 0.746. The van der Waals surface area contributed by atoms with Crippen LogP contribution in [0.3, 0.4) is 0 Å². The van der Waals surface area contributed by atoms with Crippen molar-refractivity contribution in [2.24, 2.45) is 0 Å². The summed E-state index contributed by atoms with van der Waals surface area (Å²) >= 11 is 9.74. The largest absolute Gasteiger partial charge is 0.493 e. The molecular weight excluding hydrogens is 362 g/mol. The van der Waals surface area contributed by atoms with E-state index in [1.807, 2.05) is 35.7 Å². The molecular formula is C18H18ClNO2S2. The zero-order chi connectivity index (χ0) is 16.8. The normalized spacial score (nSPS) is 14.5. The summed E-state index contributed by atoms with van der Waals surface area (Å²) in [5, 5.41) is 3.61. The van der Waals surface area contributed by atoms with Crippen molar-refractivity contribution in [2.75, 3.05) is 23.4 Å². The van der Waals surface area contributed by atoms with E-state index in [9.17, 15) is 4.79 Å². The van der Waals surface area contributed by atoms with Crippen LogP contribution in [0, 0.1) is 0 Å². The van der Waals surface area contributed by atoms with Crippen LogP contribution in [0.2, 0.25) is 5.02 Å². The lowest BCUT2D eigenvalue weighted by molar-refractivity contribution is -0.116. The fourth-order valence-corrected chi connectivity index (χ4v) is 5.29. The third kappa shape index (κ3) is 5.10. The van der Waals surface area contributed by atoms with E-state index in [1.165, 1.54) is 17.1 Å². The predicted molar refractivity (Wildman–Crippen MR) is 104 cm³/mol. The number of hydrogen-bond acceptors (Lipinski definition) is 4. The molecule has 24 heavy (non-hydrogen) atoms. The number of halogens is 1. The van der Waals surface area contributed by atoms with Crippen molar-refractivity contribution < 1.29 is 9.53 Å². The molecule has 0 unspecified atom stereocenters. The summed E-state index contributed by atoms with van der Waals surface area (Å²) in [4.78, 5) is 12.1. The Bertz CT molecular complexity index is 688. The van der Waals surface area contributed by atoms with Crippen LogP contribution in [0.4, 0.5) is 5.69 Å². The summed E-state index contributed by atoms with van der Waals surface area (Å²) in [7, 11) is 0. The number of nitrogens with one attached hydrogen (secondary N) is 1. The van der Waals surface area contributed by atoms with Gasteiger partial charge in [0.05, 0.1) is 17.6 Å². The number of carbonyl (C=O) groups excluding carboxylic acids is 1. The fraction of sp³-hybridized carbons (Fsp3) is 0.278. The Morgan fingerprint density at radius 1 is 1.17 bits per heavy atom. The molecule has 1 fully saturated rings. The Labute approximate surface area is 155 Å². The summed E-state index contributed by atoms with van der Waals surface area (Å²) in [6.07, 6.45) is 0.305. The third-order valence-corrected chi connectivity index (χ3v) is 6.83. The highest BCUT2D eigenvalue weighted by molar-refractivity contribution is 8.19. The molecule has 3 rings (SSSR count). The molecule has 1 aliphatic heterocycles. The van der Waals surface area contributed by atoms with Gasteiger partial charge in [0, 0.05) is 22.2 Å². The van der Waals surface area contributed by atoms with Gasteiger partial charge in [0.1, 0.15) is 5.75 Å². The van der Waals surface area contributed by atoms with Crippen LogP contribution in [0.25, 0.3) is 0 Å². The van der Waals surface area contributed by atoms with E-state index in [4.69, 9.17) is 16.3 Å². The molecule has 3 nitrogen and oxygen atoms in total. The highest BCUT2D eigenvalue weighted by Crippen LogP contribution is 2.45. The maximum atomic E-state index is 12.1.